The second kappa shape index (κ2) is 10.00. The zero-order valence-corrected chi connectivity index (χ0v) is 13.2. The van der Waals surface area contributed by atoms with Gasteiger partial charge in [-0.1, -0.05) is 17.7 Å². The van der Waals surface area contributed by atoms with E-state index >= 15 is 0 Å². The Hall–Kier alpha value is -0.810. The van der Waals surface area contributed by atoms with E-state index < -0.39 is 0 Å². The highest BCUT2D eigenvalue weighted by Crippen LogP contribution is 2.24. The maximum atomic E-state index is 6.31. The summed E-state index contributed by atoms with van der Waals surface area (Å²) in [7, 11) is 3.43. The van der Waals surface area contributed by atoms with Gasteiger partial charge < -0.3 is 20.1 Å². The van der Waals surface area contributed by atoms with Gasteiger partial charge in [0.2, 0.25) is 0 Å². The third-order valence-corrected chi connectivity index (χ3v) is 3.51. The van der Waals surface area contributed by atoms with Gasteiger partial charge in [-0.25, -0.2) is 0 Å². The summed E-state index contributed by atoms with van der Waals surface area (Å²) >= 11 is 6.31. The van der Waals surface area contributed by atoms with Crippen molar-refractivity contribution in [3.05, 3.63) is 28.8 Å². The minimum absolute atomic E-state index is 0.611. The Labute approximate surface area is 126 Å². The summed E-state index contributed by atoms with van der Waals surface area (Å²) in [5.41, 5.74) is 7.79. The normalized spacial score (nSPS) is 10.8. The molecule has 0 aliphatic rings. The van der Waals surface area contributed by atoms with Crippen LogP contribution in [0.15, 0.2) is 18.2 Å². The molecule has 0 saturated heterocycles. The summed E-state index contributed by atoms with van der Waals surface area (Å²) in [6.45, 7) is 3.81. The van der Waals surface area contributed by atoms with Gasteiger partial charge in [-0.05, 0) is 37.1 Å². The molecule has 0 amide bonds. The Morgan fingerprint density at radius 3 is 2.50 bits per heavy atom. The first kappa shape index (κ1) is 17.2. The monoisotopic (exact) mass is 300 g/mol. The van der Waals surface area contributed by atoms with Crippen LogP contribution in [0, 0.1) is 0 Å². The van der Waals surface area contributed by atoms with E-state index in [0.29, 0.717) is 13.2 Å². The van der Waals surface area contributed by atoms with Crippen LogP contribution in [0.5, 0.6) is 0 Å². The fourth-order valence-electron chi connectivity index (χ4n) is 2.06. The van der Waals surface area contributed by atoms with Gasteiger partial charge in [0.25, 0.3) is 0 Å². The highest BCUT2D eigenvalue weighted by Gasteiger charge is 2.09. The molecule has 4 nitrogen and oxygen atoms in total. The molecule has 1 aromatic rings. The predicted octanol–water partition coefficient (Wildman–Crippen LogP) is 2.33. The van der Waals surface area contributed by atoms with E-state index in [2.05, 4.69) is 17.0 Å². The van der Waals surface area contributed by atoms with Crippen LogP contribution in [-0.4, -0.2) is 47.1 Å². The van der Waals surface area contributed by atoms with Gasteiger partial charge in [-0.3, -0.25) is 0 Å². The van der Waals surface area contributed by atoms with E-state index in [-0.39, 0.29) is 0 Å². The van der Waals surface area contributed by atoms with Crippen LogP contribution in [0.2, 0.25) is 5.02 Å². The van der Waals surface area contributed by atoms with Gasteiger partial charge in [0, 0.05) is 44.6 Å². The van der Waals surface area contributed by atoms with Gasteiger partial charge in [0.1, 0.15) is 0 Å². The van der Waals surface area contributed by atoms with Gasteiger partial charge in [-0.2, -0.15) is 0 Å². The lowest BCUT2D eigenvalue weighted by molar-refractivity contribution is 0.191. The van der Waals surface area contributed by atoms with Crippen molar-refractivity contribution in [1.29, 1.82) is 0 Å². The van der Waals surface area contributed by atoms with E-state index in [4.69, 9.17) is 26.8 Å². The Morgan fingerprint density at radius 1 is 1.15 bits per heavy atom. The van der Waals surface area contributed by atoms with E-state index in [1.807, 2.05) is 6.07 Å². The molecule has 1 aromatic carbocycles. The van der Waals surface area contributed by atoms with Crippen LogP contribution in [-0.2, 0) is 15.9 Å². The zero-order chi connectivity index (χ0) is 14.8. The number of ether oxygens (including phenoxy) is 2. The fraction of sp³-hybridized carbons (Fsp3) is 0.600. The zero-order valence-electron chi connectivity index (χ0n) is 12.4. The highest BCUT2D eigenvalue weighted by atomic mass is 35.5. The van der Waals surface area contributed by atoms with Crippen LogP contribution in [0.1, 0.15) is 12.0 Å². The van der Waals surface area contributed by atoms with Crippen LogP contribution in [0.4, 0.5) is 5.69 Å². The SMILES string of the molecule is COCCCN(CCOC)c1ccc(CCN)c(Cl)c1. The average Bonchev–Trinajstić information content (AvgIpc) is 2.45. The van der Waals surface area contributed by atoms with Gasteiger partial charge in [0.15, 0.2) is 0 Å². The molecule has 114 valence electrons. The summed E-state index contributed by atoms with van der Waals surface area (Å²) in [4.78, 5) is 2.26. The fourth-order valence-corrected chi connectivity index (χ4v) is 2.33. The molecule has 0 atom stereocenters. The van der Waals surface area contributed by atoms with Crippen LogP contribution in [0.3, 0.4) is 0 Å². The number of nitrogens with zero attached hydrogens (tertiary/aromatic N) is 1. The Balaban J connectivity index is 2.75. The number of nitrogens with two attached hydrogens (primary N) is 1. The Kier molecular flexibility index (Phi) is 8.62. The highest BCUT2D eigenvalue weighted by molar-refractivity contribution is 6.31. The summed E-state index contributed by atoms with van der Waals surface area (Å²) in [6.07, 6.45) is 1.78. The smallest absolute Gasteiger partial charge is 0.0637 e. The summed E-state index contributed by atoms with van der Waals surface area (Å²) in [6, 6.07) is 6.16. The molecule has 0 bridgehead atoms. The van der Waals surface area contributed by atoms with Crippen LogP contribution < -0.4 is 10.6 Å². The molecule has 0 radical (unpaired) electrons. The lowest BCUT2D eigenvalue weighted by atomic mass is 10.1. The molecule has 0 saturated carbocycles. The van der Waals surface area contributed by atoms with Gasteiger partial charge in [-0.15, -0.1) is 0 Å². The topological polar surface area (TPSA) is 47.7 Å². The lowest BCUT2D eigenvalue weighted by Crippen LogP contribution is -2.29. The second-order valence-corrected chi connectivity index (χ2v) is 5.05. The molecular formula is C15H25ClN2O2. The van der Waals surface area contributed by atoms with Crippen LogP contribution in [0.25, 0.3) is 0 Å². The molecule has 0 aliphatic heterocycles. The number of rotatable bonds is 10. The van der Waals surface area contributed by atoms with Crippen molar-refractivity contribution in [3.8, 4) is 0 Å². The van der Waals surface area contributed by atoms with Crippen molar-refractivity contribution >= 4 is 17.3 Å². The van der Waals surface area contributed by atoms with Crippen molar-refractivity contribution in [2.75, 3.05) is 52.0 Å². The summed E-state index contributed by atoms with van der Waals surface area (Å²) in [5.74, 6) is 0. The minimum atomic E-state index is 0.611. The van der Waals surface area contributed by atoms with Crippen molar-refractivity contribution in [2.24, 2.45) is 5.73 Å². The lowest BCUT2D eigenvalue weighted by Gasteiger charge is -2.25. The molecule has 0 unspecified atom stereocenters. The first-order valence-corrected chi connectivity index (χ1v) is 7.32. The molecule has 0 heterocycles. The predicted molar refractivity (Wildman–Crippen MR) is 84.8 cm³/mol. The number of hydrogen-bond acceptors (Lipinski definition) is 4. The largest absolute Gasteiger partial charge is 0.385 e. The van der Waals surface area contributed by atoms with Crippen LogP contribution >= 0.6 is 11.6 Å². The maximum Gasteiger partial charge on any atom is 0.0637 e. The van der Waals surface area contributed by atoms with E-state index in [1.54, 1.807) is 14.2 Å². The second-order valence-electron chi connectivity index (χ2n) is 4.64. The first-order chi connectivity index (χ1) is 9.72. The Morgan fingerprint density at radius 2 is 1.90 bits per heavy atom. The standard InChI is InChI=1S/C15H25ClN2O2/c1-19-10-3-8-18(9-11-20-2)14-5-4-13(6-7-17)15(16)12-14/h4-5,12H,3,6-11,17H2,1-2H3. The molecule has 1 rings (SSSR count). The van der Waals surface area contributed by atoms with Crippen molar-refractivity contribution in [2.45, 2.75) is 12.8 Å². The maximum absolute atomic E-state index is 6.31. The summed E-state index contributed by atoms with van der Waals surface area (Å²) < 4.78 is 10.3. The summed E-state index contributed by atoms with van der Waals surface area (Å²) in [5, 5.41) is 0.780. The number of halogens is 1. The van der Waals surface area contributed by atoms with Crippen molar-refractivity contribution in [3.63, 3.8) is 0 Å². The molecule has 0 aliphatic carbocycles. The molecule has 0 spiro atoms. The third-order valence-electron chi connectivity index (χ3n) is 3.16. The molecule has 5 heteroatoms. The molecule has 0 aromatic heterocycles. The van der Waals surface area contributed by atoms with E-state index in [9.17, 15) is 0 Å². The molecule has 20 heavy (non-hydrogen) atoms. The Bertz CT molecular complexity index is 388. The number of anilines is 1. The van der Waals surface area contributed by atoms with Gasteiger partial charge >= 0.3 is 0 Å². The molecule has 0 fully saturated rings. The molecular weight excluding hydrogens is 276 g/mol. The average molecular weight is 301 g/mol. The minimum Gasteiger partial charge on any atom is -0.385 e. The van der Waals surface area contributed by atoms with Crippen molar-refractivity contribution in [1.82, 2.24) is 0 Å². The third kappa shape index (κ3) is 5.67. The number of benzene rings is 1. The van der Waals surface area contributed by atoms with E-state index in [0.717, 1.165) is 48.8 Å². The number of hydrogen-bond donors (Lipinski definition) is 1. The first-order valence-electron chi connectivity index (χ1n) is 6.94. The quantitative estimate of drug-likeness (QED) is 0.674. The molecule has 2 N–H and O–H groups in total. The van der Waals surface area contributed by atoms with E-state index in [1.165, 1.54) is 0 Å². The van der Waals surface area contributed by atoms with Gasteiger partial charge in [0.05, 0.1) is 6.61 Å². The van der Waals surface area contributed by atoms with Crippen molar-refractivity contribution < 1.29 is 9.47 Å². The number of methoxy groups -OCH3 is 2.